The summed E-state index contributed by atoms with van der Waals surface area (Å²) in [5, 5.41) is 11.9. The van der Waals surface area contributed by atoms with Gasteiger partial charge in [0.1, 0.15) is 18.2 Å². The van der Waals surface area contributed by atoms with Crippen molar-refractivity contribution in [3.8, 4) is 23.2 Å². The molecule has 2 aliphatic heterocycles. The standard InChI is InChI=1S/C33H32ClFN6O2/c1-3-29(42)41-17-16-40(19-23(41)13-14-36)32-26-11-9-22(25-8-4-6-21-10-12-27(35)31(34)30(21)25)18-28(26)37-33(38-32)43-20-24-7-5-15-39(24)2/h3-4,6,8-12,18,23-24H,1,5,7,13,15-17,19-20H2,2H3/t23-,24-/m0/s1. The van der Waals surface area contributed by atoms with E-state index in [4.69, 9.17) is 26.3 Å². The van der Waals surface area contributed by atoms with Crippen molar-refractivity contribution in [2.45, 2.75) is 31.3 Å². The van der Waals surface area contributed by atoms with Gasteiger partial charge in [0.2, 0.25) is 5.91 Å². The lowest BCUT2D eigenvalue weighted by Gasteiger charge is -2.41. The first-order valence-corrected chi connectivity index (χ1v) is 14.8. The summed E-state index contributed by atoms with van der Waals surface area (Å²) in [6.07, 6.45) is 3.66. The number of carbonyl (C=O) groups excluding carboxylic acids is 1. The molecule has 3 aromatic carbocycles. The molecule has 1 aromatic heterocycles. The summed E-state index contributed by atoms with van der Waals surface area (Å²) in [5.41, 5.74) is 2.30. The highest BCUT2D eigenvalue weighted by Crippen LogP contribution is 2.38. The number of nitriles is 1. The molecule has 0 radical (unpaired) electrons. The average Bonchev–Trinajstić information content (AvgIpc) is 3.44. The molecule has 10 heteroatoms. The normalized spacial score (nSPS) is 19.1. The van der Waals surface area contributed by atoms with Gasteiger partial charge < -0.3 is 19.4 Å². The molecule has 43 heavy (non-hydrogen) atoms. The summed E-state index contributed by atoms with van der Waals surface area (Å²) in [5.74, 6) is 0.0227. The molecule has 2 fully saturated rings. The lowest BCUT2D eigenvalue weighted by Crippen LogP contribution is -2.55. The number of fused-ring (bicyclic) bond motifs is 2. The van der Waals surface area contributed by atoms with E-state index in [-0.39, 0.29) is 35.4 Å². The molecule has 3 heterocycles. The van der Waals surface area contributed by atoms with Crippen LogP contribution in [0.3, 0.4) is 0 Å². The first-order chi connectivity index (χ1) is 20.9. The molecule has 220 valence electrons. The van der Waals surface area contributed by atoms with Crippen LogP contribution in [0.15, 0.2) is 61.2 Å². The van der Waals surface area contributed by atoms with Crippen LogP contribution >= 0.6 is 11.6 Å². The van der Waals surface area contributed by atoms with Crippen molar-refractivity contribution in [1.82, 2.24) is 19.8 Å². The Morgan fingerprint density at radius 2 is 2.05 bits per heavy atom. The van der Waals surface area contributed by atoms with Crippen LogP contribution < -0.4 is 9.64 Å². The summed E-state index contributed by atoms with van der Waals surface area (Å²) >= 11 is 6.46. The van der Waals surface area contributed by atoms with Gasteiger partial charge in [0.05, 0.1) is 29.1 Å². The van der Waals surface area contributed by atoms with Crippen molar-refractivity contribution in [1.29, 1.82) is 5.26 Å². The average molecular weight is 599 g/mol. The van der Waals surface area contributed by atoms with Gasteiger partial charge in [-0.05, 0) is 67.2 Å². The molecular formula is C33H32ClFN6O2. The summed E-state index contributed by atoms with van der Waals surface area (Å²) in [6, 6.07) is 17.2. The van der Waals surface area contributed by atoms with E-state index in [1.54, 1.807) is 11.0 Å². The quantitative estimate of drug-likeness (QED) is 0.247. The number of aromatic nitrogens is 2. The number of benzene rings is 3. The maximum atomic E-state index is 14.5. The van der Waals surface area contributed by atoms with Crippen molar-refractivity contribution >= 4 is 45.0 Å². The number of likely N-dealkylation sites (tertiary alicyclic amines) is 1. The van der Waals surface area contributed by atoms with Gasteiger partial charge in [-0.25, -0.2) is 4.39 Å². The Hall–Kier alpha value is -4.26. The van der Waals surface area contributed by atoms with E-state index in [1.165, 1.54) is 12.1 Å². The van der Waals surface area contributed by atoms with Crippen molar-refractivity contribution in [3.63, 3.8) is 0 Å². The van der Waals surface area contributed by atoms with Gasteiger partial charge in [-0.3, -0.25) is 4.79 Å². The van der Waals surface area contributed by atoms with E-state index in [0.717, 1.165) is 41.3 Å². The van der Waals surface area contributed by atoms with Crippen LogP contribution in [-0.2, 0) is 4.79 Å². The van der Waals surface area contributed by atoms with E-state index in [1.807, 2.05) is 36.4 Å². The summed E-state index contributed by atoms with van der Waals surface area (Å²) in [7, 11) is 2.09. The van der Waals surface area contributed by atoms with Gasteiger partial charge in [-0.15, -0.1) is 0 Å². The Morgan fingerprint density at radius 3 is 2.81 bits per heavy atom. The second-order valence-electron chi connectivity index (χ2n) is 11.1. The van der Waals surface area contributed by atoms with Gasteiger partial charge in [0.15, 0.2) is 0 Å². The van der Waals surface area contributed by atoms with Crippen molar-refractivity contribution in [3.05, 3.63) is 72.0 Å². The van der Waals surface area contributed by atoms with E-state index >= 15 is 0 Å². The third kappa shape index (κ3) is 5.61. The SMILES string of the molecule is C=CC(=O)N1CCN(c2nc(OC[C@@H]3CCCN3C)nc3cc(-c4cccc5ccc(F)c(Cl)c45)ccc23)C[C@@H]1CC#N. The number of anilines is 1. The summed E-state index contributed by atoms with van der Waals surface area (Å²) < 4.78 is 20.7. The molecule has 6 rings (SSSR count). The van der Waals surface area contributed by atoms with Gasteiger partial charge in [-0.2, -0.15) is 15.2 Å². The maximum absolute atomic E-state index is 14.5. The number of halogens is 2. The zero-order valence-corrected chi connectivity index (χ0v) is 24.7. The predicted molar refractivity (Wildman–Crippen MR) is 167 cm³/mol. The Balaban J connectivity index is 1.43. The number of likely N-dealkylation sites (N-methyl/N-ethyl adjacent to an activating group) is 1. The minimum absolute atomic E-state index is 0.0803. The molecule has 0 N–H and O–H groups in total. The van der Waals surface area contributed by atoms with Crippen LogP contribution in [0.5, 0.6) is 6.01 Å². The lowest BCUT2D eigenvalue weighted by molar-refractivity contribution is -0.128. The molecule has 4 aromatic rings. The van der Waals surface area contributed by atoms with Crippen LogP contribution in [0.4, 0.5) is 10.2 Å². The Bertz CT molecular complexity index is 1760. The number of ether oxygens (including phenoxy) is 1. The minimum Gasteiger partial charge on any atom is -0.462 e. The van der Waals surface area contributed by atoms with Gasteiger partial charge in [0.25, 0.3) is 0 Å². The molecule has 2 atom stereocenters. The number of rotatable bonds is 7. The number of hydrogen-bond donors (Lipinski definition) is 0. The second kappa shape index (κ2) is 12.2. The van der Waals surface area contributed by atoms with Crippen LogP contribution in [-0.4, -0.2) is 77.6 Å². The fourth-order valence-corrected chi connectivity index (χ4v) is 6.48. The highest BCUT2D eigenvalue weighted by molar-refractivity contribution is 6.36. The molecule has 0 unspecified atom stereocenters. The van der Waals surface area contributed by atoms with E-state index in [0.29, 0.717) is 43.0 Å². The van der Waals surface area contributed by atoms with Gasteiger partial charge in [0, 0.05) is 36.4 Å². The molecule has 2 aliphatic rings. The molecule has 8 nitrogen and oxygen atoms in total. The van der Waals surface area contributed by atoms with Gasteiger partial charge >= 0.3 is 6.01 Å². The Kier molecular flexibility index (Phi) is 8.15. The van der Waals surface area contributed by atoms with Crippen LogP contribution in [0, 0.1) is 17.1 Å². The Labute approximate surface area is 254 Å². The van der Waals surface area contributed by atoms with Crippen molar-refractivity contribution in [2.75, 3.05) is 44.7 Å². The Morgan fingerprint density at radius 1 is 1.19 bits per heavy atom. The predicted octanol–water partition coefficient (Wildman–Crippen LogP) is 5.83. The lowest BCUT2D eigenvalue weighted by atomic mass is 9.97. The maximum Gasteiger partial charge on any atom is 0.319 e. The molecule has 1 amide bonds. The number of amides is 1. The summed E-state index contributed by atoms with van der Waals surface area (Å²) in [6.45, 7) is 6.52. The highest BCUT2D eigenvalue weighted by Gasteiger charge is 2.31. The van der Waals surface area contributed by atoms with Crippen LogP contribution in [0.2, 0.25) is 5.02 Å². The smallest absolute Gasteiger partial charge is 0.319 e. The third-order valence-corrected chi connectivity index (χ3v) is 8.92. The molecule has 0 bridgehead atoms. The van der Waals surface area contributed by atoms with E-state index < -0.39 is 5.82 Å². The fraction of sp³-hybridized carbons (Fsp3) is 0.333. The number of nitrogens with zero attached hydrogens (tertiary/aromatic N) is 6. The molecule has 0 saturated carbocycles. The monoisotopic (exact) mass is 598 g/mol. The first kappa shape index (κ1) is 28.8. The van der Waals surface area contributed by atoms with Crippen LogP contribution in [0.25, 0.3) is 32.8 Å². The molecule has 0 spiro atoms. The fourth-order valence-electron chi connectivity index (χ4n) is 6.21. The van der Waals surface area contributed by atoms with Crippen molar-refractivity contribution in [2.24, 2.45) is 0 Å². The number of piperazine rings is 1. The first-order valence-electron chi connectivity index (χ1n) is 14.4. The van der Waals surface area contributed by atoms with Crippen molar-refractivity contribution < 1.29 is 13.9 Å². The number of carbonyl (C=O) groups is 1. The van der Waals surface area contributed by atoms with Crippen LogP contribution in [0.1, 0.15) is 19.3 Å². The summed E-state index contributed by atoms with van der Waals surface area (Å²) in [4.78, 5) is 28.3. The minimum atomic E-state index is -0.472. The van der Waals surface area contributed by atoms with E-state index in [9.17, 15) is 14.4 Å². The van der Waals surface area contributed by atoms with E-state index in [2.05, 4.69) is 29.5 Å². The molecule has 2 saturated heterocycles. The third-order valence-electron chi connectivity index (χ3n) is 8.55. The molecule has 0 aliphatic carbocycles. The zero-order chi connectivity index (χ0) is 30.1. The second-order valence-corrected chi connectivity index (χ2v) is 11.5. The topological polar surface area (TPSA) is 85.6 Å². The highest BCUT2D eigenvalue weighted by atomic mass is 35.5. The zero-order valence-electron chi connectivity index (χ0n) is 24.0. The largest absolute Gasteiger partial charge is 0.462 e. The number of hydrogen-bond acceptors (Lipinski definition) is 7. The van der Waals surface area contributed by atoms with Gasteiger partial charge in [-0.1, -0.05) is 48.5 Å². The molecular weight excluding hydrogens is 567 g/mol.